The molecule has 0 N–H and O–H groups in total. The number of amides is 1. The Balaban J connectivity index is 1.58. The molecule has 1 aromatic rings. The predicted molar refractivity (Wildman–Crippen MR) is 95.7 cm³/mol. The number of likely N-dealkylation sites (tertiary alicyclic amines) is 2. The Morgan fingerprint density at radius 3 is 2.64 bits per heavy atom. The molecular weight excluding hydrogens is 314 g/mol. The summed E-state index contributed by atoms with van der Waals surface area (Å²) in [5.74, 6) is 0.644. The van der Waals surface area contributed by atoms with Crippen molar-refractivity contribution in [2.75, 3.05) is 20.2 Å². The van der Waals surface area contributed by atoms with E-state index in [4.69, 9.17) is 10.00 Å². The van der Waals surface area contributed by atoms with Gasteiger partial charge in [-0.05, 0) is 63.4 Å². The summed E-state index contributed by atoms with van der Waals surface area (Å²) in [4.78, 5) is 16.7. The molecule has 0 aromatic heterocycles. The van der Waals surface area contributed by atoms with E-state index in [-0.39, 0.29) is 24.1 Å². The fourth-order valence-corrected chi connectivity index (χ4v) is 4.27. The second-order valence-electron chi connectivity index (χ2n) is 7.41. The van der Waals surface area contributed by atoms with Crippen LogP contribution in [0.25, 0.3) is 0 Å². The lowest BCUT2D eigenvalue weighted by Crippen LogP contribution is -2.70. The lowest BCUT2D eigenvalue weighted by Gasteiger charge is -2.53. The normalized spacial score (nSPS) is 25.1. The van der Waals surface area contributed by atoms with E-state index in [1.807, 2.05) is 23.1 Å². The van der Waals surface area contributed by atoms with Gasteiger partial charge in [0.25, 0.3) is 5.91 Å². The van der Waals surface area contributed by atoms with Gasteiger partial charge in [0.15, 0.2) is 6.10 Å². The third-order valence-electron chi connectivity index (χ3n) is 5.52. The fourth-order valence-electron chi connectivity index (χ4n) is 4.27. The van der Waals surface area contributed by atoms with Crippen molar-refractivity contribution in [2.24, 2.45) is 5.92 Å². The van der Waals surface area contributed by atoms with E-state index in [9.17, 15) is 4.79 Å². The Hall–Kier alpha value is -1.90. The molecule has 0 saturated carbocycles. The van der Waals surface area contributed by atoms with E-state index in [0.717, 1.165) is 38.0 Å². The van der Waals surface area contributed by atoms with Crippen molar-refractivity contribution < 1.29 is 9.53 Å². The highest BCUT2D eigenvalue weighted by Gasteiger charge is 2.52. The molecule has 5 nitrogen and oxygen atoms in total. The van der Waals surface area contributed by atoms with Gasteiger partial charge in [-0.2, -0.15) is 5.26 Å². The largest absolute Gasteiger partial charge is 0.369 e. The number of hydrogen-bond acceptors (Lipinski definition) is 4. The number of ether oxygens (including phenoxy) is 1. The van der Waals surface area contributed by atoms with E-state index in [0.29, 0.717) is 5.92 Å². The van der Waals surface area contributed by atoms with Crippen LogP contribution in [0, 0.1) is 17.2 Å². The van der Waals surface area contributed by atoms with Gasteiger partial charge in [0.2, 0.25) is 0 Å². The van der Waals surface area contributed by atoms with Crippen LogP contribution >= 0.6 is 0 Å². The van der Waals surface area contributed by atoms with Crippen molar-refractivity contribution in [1.82, 2.24) is 9.80 Å². The highest BCUT2D eigenvalue weighted by molar-refractivity contribution is 5.88. The lowest BCUT2D eigenvalue weighted by atomic mass is 9.79. The number of rotatable bonds is 5. The third kappa shape index (κ3) is 3.56. The summed E-state index contributed by atoms with van der Waals surface area (Å²) in [6.07, 6.45) is 1.91. The van der Waals surface area contributed by atoms with Crippen LogP contribution in [0.15, 0.2) is 24.3 Å². The third-order valence-corrected chi connectivity index (χ3v) is 5.52. The topological polar surface area (TPSA) is 56.6 Å². The molecule has 2 fully saturated rings. The zero-order valence-electron chi connectivity index (χ0n) is 15.3. The zero-order chi connectivity index (χ0) is 18.0. The van der Waals surface area contributed by atoms with Crippen LogP contribution in [0.3, 0.4) is 0 Å². The summed E-state index contributed by atoms with van der Waals surface area (Å²) in [5, 5.41) is 9.03. The Labute approximate surface area is 150 Å². The van der Waals surface area contributed by atoms with Crippen molar-refractivity contribution in [3.05, 3.63) is 35.4 Å². The molecule has 2 saturated heterocycles. The summed E-state index contributed by atoms with van der Waals surface area (Å²) in [7, 11) is 1.64. The summed E-state index contributed by atoms with van der Waals surface area (Å²) in [5.41, 5.74) is 1.91. The van der Waals surface area contributed by atoms with Gasteiger partial charge in [0, 0.05) is 19.7 Å². The molecule has 25 heavy (non-hydrogen) atoms. The number of benzene rings is 1. The molecule has 0 aliphatic carbocycles. The van der Waals surface area contributed by atoms with Gasteiger partial charge in [0.1, 0.15) is 0 Å². The highest BCUT2D eigenvalue weighted by Crippen LogP contribution is 2.36. The summed E-state index contributed by atoms with van der Waals surface area (Å²) in [6, 6.07) is 10.5. The molecule has 1 aromatic carbocycles. The van der Waals surface area contributed by atoms with Gasteiger partial charge in [-0.25, -0.2) is 0 Å². The second-order valence-corrected chi connectivity index (χ2v) is 7.41. The van der Waals surface area contributed by atoms with Gasteiger partial charge in [-0.3, -0.25) is 9.69 Å². The Morgan fingerprint density at radius 2 is 2.04 bits per heavy atom. The van der Waals surface area contributed by atoms with Gasteiger partial charge >= 0.3 is 0 Å². The standard InChI is InChI=1S/C20H27N3O2/c1-14(2)23-18(19(25-3)20(23)24)17-7-9-22(10-8-17)13-16-6-4-5-15(11-16)12-21/h4-6,11,14,17-19H,7-10,13H2,1-3H3/t18-,19+/m0/s1. The minimum Gasteiger partial charge on any atom is -0.369 e. The molecule has 5 heteroatoms. The summed E-state index contributed by atoms with van der Waals surface area (Å²) >= 11 is 0. The number of nitrogens with zero attached hydrogens (tertiary/aromatic N) is 3. The number of nitriles is 1. The van der Waals surface area contributed by atoms with Gasteiger partial charge in [0.05, 0.1) is 17.7 Å². The first-order valence-corrected chi connectivity index (χ1v) is 9.11. The molecule has 0 bridgehead atoms. The van der Waals surface area contributed by atoms with E-state index >= 15 is 0 Å². The molecule has 0 radical (unpaired) electrons. The molecule has 134 valence electrons. The van der Waals surface area contributed by atoms with Crippen molar-refractivity contribution in [1.29, 1.82) is 5.26 Å². The van der Waals surface area contributed by atoms with Gasteiger partial charge in [-0.1, -0.05) is 12.1 Å². The average molecular weight is 341 g/mol. The summed E-state index contributed by atoms with van der Waals surface area (Å²) in [6.45, 7) is 7.08. The molecular formula is C20H27N3O2. The second kappa shape index (κ2) is 7.55. The van der Waals surface area contributed by atoms with Gasteiger partial charge < -0.3 is 9.64 Å². The number of hydrogen-bond donors (Lipinski definition) is 0. The van der Waals surface area contributed by atoms with Crippen LogP contribution in [0.1, 0.15) is 37.8 Å². The quantitative estimate of drug-likeness (QED) is 0.772. The Bertz CT molecular complexity index is 659. The minimum absolute atomic E-state index is 0.137. The average Bonchev–Trinajstić information content (AvgIpc) is 2.60. The Kier molecular flexibility index (Phi) is 5.41. The minimum atomic E-state index is -0.258. The lowest BCUT2D eigenvalue weighted by molar-refractivity contribution is -0.181. The SMILES string of the molecule is CO[C@H]1C(=O)N(C(C)C)[C@H]1C1CCN(Cc2cccc(C#N)c2)CC1. The zero-order valence-corrected chi connectivity index (χ0v) is 15.3. The van der Waals surface area contributed by atoms with Crippen molar-refractivity contribution in [2.45, 2.75) is 51.4 Å². The van der Waals surface area contributed by atoms with Crippen molar-refractivity contribution >= 4 is 5.91 Å². The first-order chi connectivity index (χ1) is 12.0. The van der Waals surface area contributed by atoms with E-state index < -0.39 is 0 Å². The van der Waals surface area contributed by atoms with E-state index in [1.165, 1.54) is 5.56 Å². The number of carbonyl (C=O) groups excluding carboxylic acids is 1. The van der Waals surface area contributed by atoms with Crippen molar-refractivity contribution in [3.63, 3.8) is 0 Å². The van der Waals surface area contributed by atoms with Crippen molar-refractivity contribution in [3.8, 4) is 6.07 Å². The highest BCUT2D eigenvalue weighted by atomic mass is 16.5. The molecule has 3 rings (SSSR count). The molecule has 2 aliphatic rings. The number of β-lactam (4-membered cyclic amide) rings is 1. The first kappa shape index (κ1) is 17.9. The molecule has 0 spiro atoms. The van der Waals surface area contributed by atoms with E-state index in [1.54, 1.807) is 7.11 Å². The monoisotopic (exact) mass is 341 g/mol. The molecule has 1 amide bonds. The smallest absolute Gasteiger partial charge is 0.254 e. The Morgan fingerprint density at radius 1 is 1.32 bits per heavy atom. The fraction of sp³-hybridized carbons (Fsp3) is 0.600. The number of methoxy groups -OCH3 is 1. The van der Waals surface area contributed by atoms with Crippen LogP contribution in [0.5, 0.6) is 0 Å². The van der Waals surface area contributed by atoms with Crippen LogP contribution in [-0.2, 0) is 16.1 Å². The van der Waals surface area contributed by atoms with E-state index in [2.05, 4.69) is 30.9 Å². The summed E-state index contributed by atoms with van der Waals surface area (Å²) < 4.78 is 5.46. The molecule has 2 atom stereocenters. The molecule has 2 heterocycles. The predicted octanol–water partition coefficient (Wildman–Crippen LogP) is 2.40. The van der Waals surface area contributed by atoms with Crippen LogP contribution in [0.2, 0.25) is 0 Å². The first-order valence-electron chi connectivity index (χ1n) is 9.11. The van der Waals surface area contributed by atoms with Crippen LogP contribution in [0.4, 0.5) is 0 Å². The maximum atomic E-state index is 12.2. The molecule has 0 unspecified atom stereocenters. The van der Waals surface area contributed by atoms with Gasteiger partial charge in [-0.15, -0.1) is 0 Å². The van der Waals surface area contributed by atoms with Crippen LogP contribution < -0.4 is 0 Å². The maximum absolute atomic E-state index is 12.2. The molecule has 2 aliphatic heterocycles. The number of carbonyl (C=O) groups is 1. The van der Waals surface area contributed by atoms with Crippen LogP contribution in [-0.4, -0.2) is 54.1 Å². The number of piperidine rings is 1. The maximum Gasteiger partial charge on any atom is 0.254 e.